The van der Waals surface area contributed by atoms with Crippen LogP contribution in [0.5, 0.6) is 0 Å². The molecule has 0 aliphatic heterocycles. The molecular weight excluding hydrogens is 221 g/mol. The fraction of sp³-hybridized carbons (Fsp3) is 0. The number of nitrogens with one attached hydrogen (secondary N) is 1. The monoisotopic (exact) mass is 229 g/mol. The molecule has 1 aromatic carbocycles. The normalized spacial score (nSPS) is 10.9. The highest BCUT2D eigenvalue weighted by atomic mass is 19.1. The summed E-state index contributed by atoms with van der Waals surface area (Å²) in [6, 6.07) is 10.8. The van der Waals surface area contributed by atoms with E-state index in [4.69, 9.17) is 0 Å². The molecular formula is C12H8FN3O. The van der Waals surface area contributed by atoms with Gasteiger partial charge in [-0.3, -0.25) is 9.89 Å². The van der Waals surface area contributed by atoms with Crippen molar-refractivity contribution in [3.8, 4) is 11.4 Å². The molecule has 1 N–H and O–H groups in total. The zero-order valence-electron chi connectivity index (χ0n) is 8.72. The van der Waals surface area contributed by atoms with Gasteiger partial charge in [0.05, 0.1) is 0 Å². The molecule has 0 atom stereocenters. The number of benzene rings is 1. The topological polar surface area (TPSA) is 50.2 Å². The molecule has 0 aliphatic rings. The number of aromatic amines is 1. The summed E-state index contributed by atoms with van der Waals surface area (Å²) in [4.78, 5) is 15.7. The van der Waals surface area contributed by atoms with Gasteiger partial charge < -0.3 is 0 Å². The van der Waals surface area contributed by atoms with Crippen LogP contribution in [0.2, 0.25) is 0 Å². The zero-order chi connectivity index (χ0) is 11.8. The molecule has 0 radical (unpaired) electrons. The average Bonchev–Trinajstić information content (AvgIpc) is 2.74. The Morgan fingerprint density at radius 2 is 2.00 bits per heavy atom. The Morgan fingerprint density at radius 3 is 2.76 bits per heavy atom. The van der Waals surface area contributed by atoms with Crippen molar-refractivity contribution in [2.24, 2.45) is 0 Å². The average molecular weight is 229 g/mol. The van der Waals surface area contributed by atoms with Crippen LogP contribution >= 0.6 is 0 Å². The van der Waals surface area contributed by atoms with Crippen molar-refractivity contribution in [1.29, 1.82) is 0 Å². The summed E-state index contributed by atoms with van der Waals surface area (Å²) in [5.74, 6) is 0.128. The van der Waals surface area contributed by atoms with Gasteiger partial charge in [0.2, 0.25) is 0 Å². The first kappa shape index (κ1) is 9.77. The molecule has 2 aromatic heterocycles. The summed E-state index contributed by atoms with van der Waals surface area (Å²) in [6.07, 6.45) is 0. The van der Waals surface area contributed by atoms with Gasteiger partial charge in [0.1, 0.15) is 5.82 Å². The number of aromatic nitrogens is 3. The van der Waals surface area contributed by atoms with Crippen LogP contribution in [-0.4, -0.2) is 14.6 Å². The van der Waals surface area contributed by atoms with Gasteiger partial charge >= 0.3 is 0 Å². The molecule has 3 rings (SSSR count). The Balaban J connectivity index is 2.25. The van der Waals surface area contributed by atoms with Crippen LogP contribution in [0, 0.1) is 5.82 Å². The van der Waals surface area contributed by atoms with E-state index in [0.717, 1.165) is 0 Å². The summed E-state index contributed by atoms with van der Waals surface area (Å²) in [5, 5.41) is 2.83. The molecule has 3 aromatic rings. The summed E-state index contributed by atoms with van der Waals surface area (Å²) in [5.41, 5.74) is 0.919. The van der Waals surface area contributed by atoms with E-state index in [0.29, 0.717) is 17.0 Å². The molecule has 0 fully saturated rings. The minimum atomic E-state index is -0.338. The lowest BCUT2D eigenvalue weighted by atomic mass is 10.2. The van der Waals surface area contributed by atoms with E-state index in [-0.39, 0.29) is 11.4 Å². The predicted octanol–water partition coefficient (Wildman–Crippen LogP) is 1.83. The Kier molecular flexibility index (Phi) is 2.04. The molecule has 84 valence electrons. The highest BCUT2D eigenvalue weighted by molar-refractivity contribution is 5.57. The van der Waals surface area contributed by atoms with E-state index in [2.05, 4.69) is 10.1 Å². The molecule has 17 heavy (non-hydrogen) atoms. The third-order valence-electron chi connectivity index (χ3n) is 2.48. The van der Waals surface area contributed by atoms with Gasteiger partial charge in [-0.25, -0.2) is 9.37 Å². The van der Waals surface area contributed by atoms with Crippen LogP contribution in [0.3, 0.4) is 0 Å². The highest BCUT2D eigenvalue weighted by Crippen LogP contribution is 2.16. The molecule has 0 saturated heterocycles. The quantitative estimate of drug-likeness (QED) is 0.692. The van der Waals surface area contributed by atoms with Gasteiger partial charge in [-0.1, -0.05) is 18.2 Å². The van der Waals surface area contributed by atoms with Gasteiger partial charge in [0.15, 0.2) is 11.5 Å². The summed E-state index contributed by atoms with van der Waals surface area (Å²) >= 11 is 0. The van der Waals surface area contributed by atoms with E-state index >= 15 is 0 Å². The van der Waals surface area contributed by atoms with Crippen LogP contribution in [0.1, 0.15) is 0 Å². The van der Waals surface area contributed by atoms with Gasteiger partial charge in [-0.05, 0) is 18.2 Å². The standard InChI is InChI=1S/C12H8FN3O/c13-9-4-1-3-8(7-9)12-14-10-5-2-6-11(17)16(10)15-12/h1-7H,(H,14,15). The summed E-state index contributed by atoms with van der Waals surface area (Å²) in [7, 11) is 0. The minimum Gasteiger partial charge on any atom is -0.272 e. The molecule has 5 heteroatoms. The molecule has 0 saturated carbocycles. The Morgan fingerprint density at radius 1 is 1.18 bits per heavy atom. The van der Waals surface area contributed by atoms with Gasteiger partial charge in [0.25, 0.3) is 5.56 Å². The third-order valence-corrected chi connectivity index (χ3v) is 2.48. The minimum absolute atomic E-state index is 0.197. The Hall–Kier alpha value is -2.43. The number of H-pyrrole nitrogens is 1. The van der Waals surface area contributed by atoms with Crippen LogP contribution in [-0.2, 0) is 0 Å². The van der Waals surface area contributed by atoms with E-state index in [1.54, 1.807) is 24.3 Å². The lowest BCUT2D eigenvalue weighted by Crippen LogP contribution is -2.11. The van der Waals surface area contributed by atoms with Crippen LogP contribution in [0.25, 0.3) is 17.0 Å². The predicted molar refractivity (Wildman–Crippen MR) is 61.2 cm³/mol. The number of rotatable bonds is 1. The fourth-order valence-corrected chi connectivity index (χ4v) is 1.69. The van der Waals surface area contributed by atoms with Crippen LogP contribution in [0.4, 0.5) is 4.39 Å². The number of halogens is 1. The van der Waals surface area contributed by atoms with Crippen molar-refractivity contribution in [1.82, 2.24) is 14.6 Å². The summed E-state index contributed by atoms with van der Waals surface area (Å²) < 4.78 is 14.4. The van der Waals surface area contributed by atoms with Crippen molar-refractivity contribution >= 4 is 5.65 Å². The maximum atomic E-state index is 13.1. The number of fused-ring (bicyclic) bond motifs is 1. The van der Waals surface area contributed by atoms with Crippen molar-refractivity contribution in [3.05, 3.63) is 58.6 Å². The SMILES string of the molecule is O=c1cccc2nc(-c3cccc(F)c3)[nH]n12. The number of hydrogen-bond acceptors (Lipinski definition) is 2. The van der Waals surface area contributed by atoms with Crippen LogP contribution < -0.4 is 5.56 Å². The van der Waals surface area contributed by atoms with Crippen molar-refractivity contribution in [3.63, 3.8) is 0 Å². The molecule has 0 spiro atoms. The van der Waals surface area contributed by atoms with Crippen molar-refractivity contribution in [2.45, 2.75) is 0 Å². The van der Waals surface area contributed by atoms with Crippen molar-refractivity contribution in [2.75, 3.05) is 0 Å². The van der Waals surface area contributed by atoms with Gasteiger partial charge in [0, 0.05) is 11.6 Å². The maximum Gasteiger partial charge on any atom is 0.271 e. The smallest absolute Gasteiger partial charge is 0.271 e. The maximum absolute atomic E-state index is 13.1. The van der Waals surface area contributed by atoms with Crippen molar-refractivity contribution < 1.29 is 4.39 Å². The molecule has 0 aliphatic carbocycles. The molecule has 2 heterocycles. The number of nitrogens with zero attached hydrogens (tertiary/aromatic N) is 2. The van der Waals surface area contributed by atoms with Gasteiger partial charge in [-0.2, -0.15) is 4.52 Å². The van der Waals surface area contributed by atoms with E-state index < -0.39 is 0 Å². The second-order valence-electron chi connectivity index (χ2n) is 3.64. The van der Waals surface area contributed by atoms with Crippen LogP contribution in [0.15, 0.2) is 47.3 Å². The first-order valence-corrected chi connectivity index (χ1v) is 5.08. The number of pyridine rings is 1. The van der Waals surface area contributed by atoms with E-state index in [1.807, 2.05) is 0 Å². The van der Waals surface area contributed by atoms with E-state index in [9.17, 15) is 9.18 Å². The molecule has 4 nitrogen and oxygen atoms in total. The molecule has 0 amide bonds. The highest BCUT2D eigenvalue weighted by Gasteiger charge is 2.06. The number of hydrogen-bond donors (Lipinski definition) is 1. The first-order valence-electron chi connectivity index (χ1n) is 5.08. The van der Waals surface area contributed by atoms with Gasteiger partial charge in [-0.15, -0.1) is 0 Å². The zero-order valence-corrected chi connectivity index (χ0v) is 8.72. The second-order valence-corrected chi connectivity index (χ2v) is 3.64. The summed E-state index contributed by atoms with van der Waals surface area (Å²) in [6.45, 7) is 0. The lowest BCUT2D eigenvalue weighted by Gasteiger charge is -1.94. The Labute approximate surface area is 95.3 Å². The largest absolute Gasteiger partial charge is 0.272 e. The third kappa shape index (κ3) is 1.61. The van der Waals surface area contributed by atoms with E-state index in [1.165, 1.54) is 22.7 Å². The Bertz CT molecular complexity index is 745. The molecule has 0 bridgehead atoms. The lowest BCUT2D eigenvalue weighted by molar-refractivity contribution is 0.628. The molecule has 0 unspecified atom stereocenters. The fourth-order valence-electron chi connectivity index (χ4n) is 1.69. The second kappa shape index (κ2) is 3.55. The first-order chi connectivity index (χ1) is 8.24.